The second-order valence-electron chi connectivity index (χ2n) is 12.7. The van der Waals surface area contributed by atoms with Gasteiger partial charge in [0.15, 0.2) is 0 Å². The quantitative estimate of drug-likeness (QED) is 0.168. The van der Waals surface area contributed by atoms with E-state index in [0.717, 1.165) is 64.5 Å². The van der Waals surface area contributed by atoms with E-state index in [1.807, 2.05) is 59.1 Å². The minimum atomic E-state index is 0.561. The summed E-state index contributed by atoms with van der Waals surface area (Å²) in [5.74, 6) is 0. The summed E-state index contributed by atoms with van der Waals surface area (Å²) in [4.78, 5) is 13.3. The zero-order valence-electron chi connectivity index (χ0n) is 26.6. The number of fused-ring (bicyclic) bond motifs is 13. The molecule has 7 aromatic carbocycles. The van der Waals surface area contributed by atoms with Gasteiger partial charge in [0.05, 0.1) is 44.1 Å². The largest absolute Gasteiger partial charge is 0.242 e. The molecule has 0 aliphatic rings. The number of rotatable bonds is 2. The first-order chi connectivity index (χ1) is 25.2. The van der Waals surface area contributed by atoms with Crippen LogP contribution in [0.5, 0.6) is 0 Å². The van der Waals surface area contributed by atoms with Crippen LogP contribution in [0, 0.1) is 22.7 Å². The van der Waals surface area contributed by atoms with E-state index in [1.165, 1.54) is 40.3 Å². The van der Waals surface area contributed by atoms with E-state index in [-0.39, 0.29) is 0 Å². The highest BCUT2D eigenvalue weighted by atomic mass is 32.1. The molecule has 0 saturated carbocycles. The van der Waals surface area contributed by atoms with Crippen molar-refractivity contribution < 1.29 is 0 Å². The molecule has 4 nitrogen and oxygen atoms in total. The first kappa shape index (κ1) is 28.6. The highest BCUT2D eigenvalue weighted by molar-refractivity contribution is 7.28. The summed E-state index contributed by atoms with van der Waals surface area (Å²) in [6.45, 7) is 0. The Morgan fingerprint density at radius 3 is 1.31 bits per heavy atom. The molecule has 0 atom stereocenters. The molecule has 11 aromatic rings. The Morgan fingerprint density at radius 1 is 0.392 bits per heavy atom. The SMILES string of the molecule is N#Cc1ccc2c(c1)c1cc(C#N)ccc1c1nc3c(-c4cccc5c4sc4ccccc45)sc(-c4cccc5c4sc4ccccc45)c3nc21. The zero-order valence-corrected chi connectivity index (χ0v) is 29.0. The van der Waals surface area contributed by atoms with Gasteiger partial charge in [-0.25, -0.2) is 9.97 Å². The van der Waals surface area contributed by atoms with Gasteiger partial charge in [-0.3, -0.25) is 0 Å². The van der Waals surface area contributed by atoms with Gasteiger partial charge in [0.2, 0.25) is 0 Å². The number of hydrogen-bond donors (Lipinski definition) is 0. The lowest BCUT2D eigenvalue weighted by atomic mass is 9.96. The molecule has 0 spiro atoms. The van der Waals surface area contributed by atoms with Crippen LogP contribution in [0.25, 0.3) is 105 Å². The molecule has 0 N–H and O–H groups in total. The summed E-state index contributed by atoms with van der Waals surface area (Å²) in [6, 6.07) is 46.5. The Balaban J connectivity index is 1.32. The Bertz CT molecular complexity index is 3180. The van der Waals surface area contributed by atoms with Gasteiger partial charge >= 0.3 is 0 Å². The summed E-state index contributed by atoms with van der Waals surface area (Å²) < 4.78 is 4.99. The summed E-state index contributed by atoms with van der Waals surface area (Å²) in [6.07, 6.45) is 0. The molecule has 4 aromatic heterocycles. The molecule has 0 saturated heterocycles. The van der Waals surface area contributed by atoms with E-state index in [1.54, 1.807) is 11.3 Å². The fraction of sp³-hybridized carbons (Fsp3) is 0. The fourth-order valence-corrected chi connectivity index (χ4v) is 11.4. The van der Waals surface area contributed by atoms with Crippen LogP contribution in [0.15, 0.2) is 121 Å². The van der Waals surface area contributed by atoms with Gasteiger partial charge in [-0.2, -0.15) is 10.5 Å². The maximum Gasteiger partial charge on any atom is 0.109 e. The Labute approximate surface area is 302 Å². The van der Waals surface area contributed by atoms with Crippen molar-refractivity contribution in [2.24, 2.45) is 0 Å². The Kier molecular flexibility index (Phi) is 5.97. The predicted molar refractivity (Wildman–Crippen MR) is 216 cm³/mol. The van der Waals surface area contributed by atoms with Crippen LogP contribution in [-0.2, 0) is 0 Å². The number of aromatic nitrogens is 2. The smallest absolute Gasteiger partial charge is 0.109 e. The van der Waals surface area contributed by atoms with E-state index in [4.69, 9.17) is 9.97 Å². The zero-order chi connectivity index (χ0) is 33.8. The third-order valence-electron chi connectivity index (χ3n) is 9.93. The molecule has 234 valence electrons. The average Bonchev–Trinajstić information content (AvgIpc) is 3.88. The van der Waals surface area contributed by atoms with Crippen LogP contribution in [-0.4, -0.2) is 9.97 Å². The number of nitrogens with zero attached hydrogens (tertiary/aromatic N) is 4. The summed E-state index contributed by atoms with van der Waals surface area (Å²) >= 11 is 5.41. The molecule has 0 aliphatic heterocycles. The van der Waals surface area contributed by atoms with Crippen molar-refractivity contribution in [2.75, 3.05) is 0 Å². The van der Waals surface area contributed by atoms with Crippen molar-refractivity contribution in [2.45, 2.75) is 0 Å². The summed E-state index contributed by atoms with van der Waals surface area (Å²) in [5.41, 5.74) is 6.73. The van der Waals surface area contributed by atoms with Crippen LogP contribution in [0.1, 0.15) is 11.1 Å². The van der Waals surface area contributed by atoms with Crippen molar-refractivity contribution in [3.05, 3.63) is 132 Å². The monoisotopic (exact) mass is 700 g/mol. The van der Waals surface area contributed by atoms with E-state index in [0.29, 0.717) is 11.1 Å². The second-order valence-corrected chi connectivity index (χ2v) is 15.8. The van der Waals surface area contributed by atoms with Crippen LogP contribution in [0.4, 0.5) is 0 Å². The molecule has 51 heavy (non-hydrogen) atoms. The van der Waals surface area contributed by atoms with Crippen molar-refractivity contribution in [3.8, 4) is 33.0 Å². The van der Waals surface area contributed by atoms with Gasteiger partial charge in [0, 0.05) is 62.2 Å². The lowest BCUT2D eigenvalue weighted by molar-refractivity contribution is 1.44. The van der Waals surface area contributed by atoms with Crippen LogP contribution in [0.3, 0.4) is 0 Å². The standard InChI is InChI=1S/C44H20N4S3/c45-21-23-15-17-27-33(19-23)34-20-24(22-46)16-18-28(34)38-37(27)47-39-40(48-38)44(32-12-6-10-30-26-8-2-4-14-36(26)50-42(30)32)51-43(39)31-11-5-9-29-25-7-1-3-13-35(25)49-41(29)31/h1-20H. The van der Waals surface area contributed by atoms with E-state index < -0.39 is 0 Å². The Hall–Kier alpha value is -6.22. The number of benzene rings is 7. The molecule has 0 radical (unpaired) electrons. The summed E-state index contributed by atoms with van der Waals surface area (Å²) in [7, 11) is 0. The van der Waals surface area contributed by atoms with Gasteiger partial charge in [0.25, 0.3) is 0 Å². The molecule has 0 fully saturated rings. The molecular weight excluding hydrogens is 681 g/mol. The molecule has 0 bridgehead atoms. The van der Waals surface area contributed by atoms with E-state index in [9.17, 15) is 10.5 Å². The van der Waals surface area contributed by atoms with E-state index in [2.05, 4.69) is 97.1 Å². The maximum absolute atomic E-state index is 9.83. The van der Waals surface area contributed by atoms with E-state index >= 15 is 0 Å². The van der Waals surface area contributed by atoms with Crippen LogP contribution in [0.2, 0.25) is 0 Å². The van der Waals surface area contributed by atoms with Crippen LogP contribution >= 0.6 is 34.0 Å². The van der Waals surface area contributed by atoms with Gasteiger partial charge in [-0.15, -0.1) is 34.0 Å². The predicted octanol–water partition coefficient (Wildman–Crippen LogP) is 13.0. The fourth-order valence-electron chi connectivity index (χ4n) is 7.63. The van der Waals surface area contributed by atoms with Gasteiger partial charge < -0.3 is 0 Å². The second kappa shape index (κ2) is 10.6. The third kappa shape index (κ3) is 4.03. The van der Waals surface area contributed by atoms with Gasteiger partial charge in [-0.1, -0.05) is 84.9 Å². The van der Waals surface area contributed by atoms with Crippen molar-refractivity contribution in [1.82, 2.24) is 9.97 Å². The van der Waals surface area contributed by atoms with Crippen molar-refractivity contribution >= 4 is 118 Å². The average molecular weight is 701 g/mol. The number of thiophene rings is 3. The van der Waals surface area contributed by atoms with Crippen LogP contribution < -0.4 is 0 Å². The highest BCUT2D eigenvalue weighted by Crippen LogP contribution is 2.51. The number of nitriles is 2. The van der Waals surface area contributed by atoms with Gasteiger partial charge in [-0.05, 0) is 47.2 Å². The summed E-state index contributed by atoms with van der Waals surface area (Å²) in [5, 5.41) is 28.3. The topological polar surface area (TPSA) is 73.4 Å². The molecule has 0 aliphatic carbocycles. The van der Waals surface area contributed by atoms with Crippen molar-refractivity contribution in [3.63, 3.8) is 0 Å². The molecular formula is C44H20N4S3. The van der Waals surface area contributed by atoms with Crippen molar-refractivity contribution in [1.29, 1.82) is 10.5 Å². The third-order valence-corrected chi connectivity index (χ3v) is 13.6. The molecule has 4 heterocycles. The highest BCUT2D eigenvalue weighted by Gasteiger charge is 2.24. The lowest BCUT2D eigenvalue weighted by Gasteiger charge is -2.11. The normalized spacial score (nSPS) is 11.9. The number of hydrogen-bond acceptors (Lipinski definition) is 7. The molecule has 11 rings (SSSR count). The Morgan fingerprint density at radius 2 is 0.843 bits per heavy atom. The van der Waals surface area contributed by atoms with Gasteiger partial charge in [0.1, 0.15) is 11.0 Å². The molecule has 7 heteroatoms. The maximum atomic E-state index is 9.83. The lowest BCUT2D eigenvalue weighted by Crippen LogP contribution is -1.92. The molecule has 0 unspecified atom stereocenters. The first-order valence-corrected chi connectivity index (χ1v) is 18.9. The first-order valence-electron chi connectivity index (χ1n) is 16.4. The minimum Gasteiger partial charge on any atom is -0.242 e. The minimum absolute atomic E-state index is 0.561. The molecule has 0 amide bonds.